The van der Waals surface area contributed by atoms with E-state index in [1.807, 2.05) is 0 Å². The van der Waals surface area contributed by atoms with Gasteiger partial charge in [0.05, 0.1) is 6.61 Å². The molecule has 5 rings (SSSR count). The lowest BCUT2D eigenvalue weighted by atomic mass is 9.45. The van der Waals surface area contributed by atoms with Crippen molar-refractivity contribution in [2.24, 2.45) is 40.9 Å². The maximum Gasteiger partial charge on any atom is 0.0740 e. The van der Waals surface area contributed by atoms with Crippen LogP contribution in [0.15, 0.2) is 0 Å². The first-order valence-electron chi connectivity index (χ1n) is 8.20. The van der Waals surface area contributed by atoms with Crippen LogP contribution in [0.4, 0.5) is 0 Å². The smallest absolute Gasteiger partial charge is 0.0740 e. The molecule has 1 aliphatic heterocycles. The van der Waals surface area contributed by atoms with Gasteiger partial charge < -0.3 is 9.57 Å². The molecule has 3 heteroatoms. The molecule has 0 aromatic carbocycles. The molecular weight excluding hydrogens is 238 g/mol. The summed E-state index contributed by atoms with van der Waals surface area (Å²) in [4.78, 5) is 5.19. The van der Waals surface area contributed by atoms with Crippen LogP contribution in [0.25, 0.3) is 0 Å². The summed E-state index contributed by atoms with van der Waals surface area (Å²) in [6, 6.07) is 0. The summed E-state index contributed by atoms with van der Waals surface area (Å²) in [7, 11) is 0. The number of hydrogen-bond donors (Lipinski definition) is 1. The molecule has 0 amide bonds. The van der Waals surface area contributed by atoms with Crippen molar-refractivity contribution in [1.82, 2.24) is 0 Å². The molecule has 0 spiro atoms. The Kier molecular flexibility index (Phi) is 3.13. The molecular formula is C16H27NO2. The Bertz CT molecular complexity index is 304. The third kappa shape index (κ3) is 1.97. The van der Waals surface area contributed by atoms with Gasteiger partial charge in [-0.3, -0.25) is 0 Å². The van der Waals surface area contributed by atoms with E-state index in [0.717, 1.165) is 62.3 Å². The second-order valence-corrected chi connectivity index (χ2v) is 7.74. The van der Waals surface area contributed by atoms with Crippen LogP contribution in [0, 0.1) is 35.0 Å². The van der Waals surface area contributed by atoms with E-state index >= 15 is 0 Å². The molecule has 108 valence electrons. The minimum Gasteiger partial charge on any atom is -0.381 e. The lowest BCUT2D eigenvalue weighted by Crippen LogP contribution is -2.55. The lowest BCUT2D eigenvalue weighted by molar-refractivity contribution is -0.154. The molecule has 0 atom stereocenters. The van der Waals surface area contributed by atoms with Gasteiger partial charge in [-0.15, -0.1) is 0 Å². The molecule has 1 heterocycles. The van der Waals surface area contributed by atoms with Crippen molar-refractivity contribution in [3.8, 4) is 0 Å². The van der Waals surface area contributed by atoms with Crippen LogP contribution < -0.4 is 5.90 Å². The zero-order valence-corrected chi connectivity index (χ0v) is 11.9. The van der Waals surface area contributed by atoms with Crippen LogP contribution >= 0.6 is 0 Å². The minimum atomic E-state index is 0.329. The van der Waals surface area contributed by atoms with Gasteiger partial charge in [0.25, 0.3) is 0 Å². The van der Waals surface area contributed by atoms with Crippen LogP contribution in [0.1, 0.15) is 44.9 Å². The van der Waals surface area contributed by atoms with Crippen LogP contribution in [-0.2, 0) is 9.57 Å². The fourth-order valence-electron chi connectivity index (χ4n) is 6.44. The molecule has 4 aliphatic carbocycles. The quantitative estimate of drug-likeness (QED) is 0.798. The molecule has 4 bridgehead atoms. The first kappa shape index (κ1) is 12.6. The third-order valence-corrected chi connectivity index (χ3v) is 6.79. The van der Waals surface area contributed by atoms with Gasteiger partial charge in [0.15, 0.2) is 0 Å². The van der Waals surface area contributed by atoms with Gasteiger partial charge in [-0.25, -0.2) is 5.90 Å². The summed E-state index contributed by atoms with van der Waals surface area (Å²) in [5, 5.41) is 0. The molecule has 0 unspecified atom stereocenters. The van der Waals surface area contributed by atoms with E-state index in [0.29, 0.717) is 5.41 Å². The fraction of sp³-hybridized carbons (Fsp3) is 1.00. The van der Waals surface area contributed by atoms with Crippen molar-refractivity contribution in [2.75, 3.05) is 19.8 Å². The minimum absolute atomic E-state index is 0.329. The van der Waals surface area contributed by atoms with Crippen molar-refractivity contribution in [2.45, 2.75) is 44.9 Å². The van der Waals surface area contributed by atoms with Crippen molar-refractivity contribution in [1.29, 1.82) is 0 Å². The molecule has 5 aliphatic rings. The lowest BCUT2D eigenvalue weighted by Gasteiger charge is -2.60. The van der Waals surface area contributed by atoms with Crippen LogP contribution in [0.3, 0.4) is 0 Å². The van der Waals surface area contributed by atoms with Crippen molar-refractivity contribution in [3.05, 3.63) is 0 Å². The highest BCUT2D eigenvalue weighted by Crippen LogP contribution is 2.62. The SMILES string of the molecule is NOCC1(C2C3CC4CC(C3)CC2C4)CCOCC1. The van der Waals surface area contributed by atoms with E-state index in [4.69, 9.17) is 15.5 Å². The first-order chi connectivity index (χ1) is 9.31. The molecule has 0 aromatic rings. The summed E-state index contributed by atoms with van der Waals surface area (Å²) in [6.45, 7) is 2.57. The Morgan fingerprint density at radius 3 is 2.05 bits per heavy atom. The third-order valence-electron chi connectivity index (χ3n) is 6.79. The number of ether oxygens (including phenoxy) is 1. The Morgan fingerprint density at radius 1 is 0.947 bits per heavy atom. The largest absolute Gasteiger partial charge is 0.381 e. The van der Waals surface area contributed by atoms with Gasteiger partial charge in [-0.2, -0.15) is 0 Å². The van der Waals surface area contributed by atoms with E-state index in [9.17, 15) is 0 Å². The van der Waals surface area contributed by atoms with Gasteiger partial charge in [0.1, 0.15) is 0 Å². The van der Waals surface area contributed by atoms with E-state index in [2.05, 4.69) is 0 Å². The zero-order chi connectivity index (χ0) is 12.9. The topological polar surface area (TPSA) is 44.5 Å². The second-order valence-electron chi connectivity index (χ2n) is 7.74. The average molecular weight is 265 g/mol. The molecule has 5 fully saturated rings. The predicted octanol–water partition coefficient (Wildman–Crippen LogP) is 2.75. The standard InChI is InChI=1S/C16H27NO2/c17-19-10-16(1-3-18-4-2-16)15-13-6-11-5-12(8-13)9-14(15)7-11/h11-15H,1-10,17H2. The maximum atomic E-state index is 5.62. The maximum absolute atomic E-state index is 5.62. The van der Waals surface area contributed by atoms with Crippen molar-refractivity contribution in [3.63, 3.8) is 0 Å². The monoisotopic (exact) mass is 265 g/mol. The number of hydrogen-bond acceptors (Lipinski definition) is 3. The van der Waals surface area contributed by atoms with Gasteiger partial charge in [-0.1, -0.05) is 0 Å². The number of nitrogens with two attached hydrogens (primary N) is 1. The molecule has 0 aromatic heterocycles. The fourth-order valence-corrected chi connectivity index (χ4v) is 6.44. The van der Waals surface area contributed by atoms with E-state index in [-0.39, 0.29) is 0 Å². The molecule has 0 radical (unpaired) electrons. The second kappa shape index (κ2) is 4.71. The summed E-state index contributed by atoms with van der Waals surface area (Å²) in [6.07, 6.45) is 9.82. The highest BCUT2D eigenvalue weighted by atomic mass is 16.6. The Balaban J connectivity index is 1.62. The molecule has 4 saturated carbocycles. The highest BCUT2D eigenvalue weighted by molar-refractivity contribution is 5.04. The van der Waals surface area contributed by atoms with Gasteiger partial charge in [-0.05, 0) is 74.5 Å². The van der Waals surface area contributed by atoms with Crippen LogP contribution in [-0.4, -0.2) is 19.8 Å². The Labute approximate surface area is 116 Å². The first-order valence-corrected chi connectivity index (χ1v) is 8.20. The predicted molar refractivity (Wildman–Crippen MR) is 73.2 cm³/mol. The zero-order valence-electron chi connectivity index (χ0n) is 11.9. The summed E-state index contributed by atoms with van der Waals surface area (Å²) in [5.41, 5.74) is 0.329. The summed E-state index contributed by atoms with van der Waals surface area (Å²) < 4.78 is 5.62. The highest BCUT2D eigenvalue weighted by Gasteiger charge is 2.55. The van der Waals surface area contributed by atoms with Gasteiger partial charge >= 0.3 is 0 Å². The van der Waals surface area contributed by atoms with Gasteiger partial charge in [0.2, 0.25) is 0 Å². The molecule has 2 N–H and O–H groups in total. The van der Waals surface area contributed by atoms with Crippen molar-refractivity contribution < 1.29 is 9.57 Å². The molecule has 1 saturated heterocycles. The number of rotatable bonds is 3. The summed E-state index contributed by atoms with van der Waals surface area (Å²) in [5.74, 6) is 10.4. The average Bonchev–Trinajstić information content (AvgIpc) is 2.38. The normalized spacial score (nSPS) is 47.5. The summed E-state index contributed by atoms with van der Waals surface area (Å²) >= 11 is 0. The Morgan fingerprint density at radius 2 is 1.53 bits per heavy atom. The van der Waals surface area contributed by atoms with E-state index in [1.54, 1.807) is 0 Å². The Hall–Kier alpha value is -0.120. The van der Waals surface area contributed by atoms with Crippen LogP contribution in [0.5, 0.6) is 0 Å². The van der Waals surface area contributed by atoms with Crippen LogP contribution in [0.2, 0.25) is 0 Å². The van der Waals surface area contributed by atoms with Crippen molar-refractivity contribution >= 4 is 0 Å². The van der Waals surface area contributed by atoms with E-state index in [1.165, 1.54) is 32.1 Å². The molecule has 19 heavy (non-hydrogen) atoms. The van der Waals surface area contributed by atoms with E-state index < -0.39 is 0 Å². The van der Waals surface area contributed by atoms with Gasteiger partial charge in [0, 0.05) is 18.6 Å². The molecule has 3 nitrogen and oxygen atoms in total.